The van der Waals surface area contributed by atoms with Gasteiger partial charge < -0.3 is 10.6 Å². The maximum atomic E-state index is 5.50. The Morgan fingerprint density at radius 3 is 2.93 bits per heavy atom. The molecule has 1 aliphatic heterocycles. The molecular formula is C11H18N4. The van der Waals surface area contributed by atoms with E-state index in [4.69, 9.17) is 5.73 Å². The summed E-state index contributed by atoms with van der Waals surface area (Å²) in [5, 5.41) is 7.98. The third kappa shape index (κ3) is 2.65. The van der Waals surface area contributed by atoms with E-state index in [1.54, 1.807) is 0 Å². The zero-order valence-corrected chi connectivity index (χ0v) is 9.19. The number of nitrogens with zero attached hydrogens (tertiary/aromatic N) is 3. The van der Waals surface area contributed by atoms with Crippen molar-refractivity contribution in [3.8, 4) is 0 Å². The zero-order chi connectivity index (χ0) is 10.7. The zero-order valence-electron chi connectivity index (χ0n) is 9.19. The number of anilines is 1. The van der Waals surface area contributed by atoms with E-state index in [1.165, 1.54) is 25.8 Å². The molecule has 1 saturated heterocycles. The summed E-state index contributed by atoms with van der Waals surface area (Å²) in [4.78, 5) is 2.42. The number of nitrogen functional groups attached to an aromatic ring is 1. The molecule has 0 amide bonds. The van der Waals surface area contributed by atoms with Gasteiger partial charge in [0, 0.05) is 12.5 Å². The Morgan fingerprint density at radius 2 is 2.27 bits per heavy atom. The average Bonchev–Trinajstić information content (AvgIpc) is 2.25. The van der Waals surface area contributed by atoms with Crippen molar-refractivity contribution in [3.63, 3.8) is 0 Å². The first-order chi connectivity index (χ1) is 7.25. The Balaban J connectivity index is 1.98. The molecule has 0 radical (unpaired) electrons. The number of hydrogen-bond donors (Lipinski definition) is 1. The molecule has 1 unspecified atom stereocenters. The van der Waals surface area contributed by atoms with Gasteiger partial charge in [-0.05, 0) is 38.6 Å². The summed E-state index contributed by atoms with van der Waals surface area (Å²) < 4.78 is 0. The van der Waals surface area contributed by atoms with E-state index in [0.717, 1.165) is 12.1 Å². The Labute approximate surface area is 90.5 Å². The third-order valence-electron chi connectivity index (χ3n) is 3.11. The van der Waals surface area contributed by atoms with Crippen LogP contribution in [0.3, 0.4) is 0 Å². The van der Waals surface area contributed by atoms with Crippen LogP contribution in [0.15, 0.2) is 12.1 Å². The second-order valence-corrected chi connectivity index (χ2v) is 4.28. The van der Waals surface area contributed by atoms with Crippen molar-refractivity contribution >= 4 is 5.82 Å². The molecule has 0 spiro atoms. The minimum Gasteiger partial charge on any atom is -0.382 e. The summed E-state index contributed by atoms with van der Waals surface area (Å²) >= 11 is 0. The molecule has 1 aromatic rings. The predicted octanol–water partition coefficient (Wildman–Crippen LogP) is 1.09. The largest absolute Gasteiger partial charge is 0.382 e. The Morgan fingerprint density at radius 1 is 1.40 bits per heavy atom. The Hall–Kier alpha value is -1.16. The van der Waals surface area contributed by atoms with Crippen LogP contribution in [0.1, 0.15) is 25.0 Å². The van der Waals surface area contributed by atoms with Gasteiger partial charge in [-0.1, -0.05) is 6.42 Å². The summed E-state index contributed by atoms with van der Waals surface area (Å²) in [7, 11) is 2.19. The quantitative estimate of drug-likeness (QED) is 0.787. The minimum absolute atomic E-state index is 0.496. The van der Waals surface area contributed by atoms with Gasteiger partial charge in [-0.25, -0.2) is 0 Å². The summed E-state index contributed by atoms with van der Waals surface area (Å²) in [5.74, 6) is 0.496. The molecule has 15 heavy (non-hydrogen) atoms. The first-order valence-electron chi connectivity index (χ1n) is 5.54. The maximum absolute atomic E-state index is 5.50. The summed E-state index contributed by atoms with van der Waals surface area (Å²) in [6, 6.07) is 4.42. The lowest BCUT2D eigenvalue weighted by Crippen LogP contribution is -2.37. The normalized spacial score (nSPS) is 22.9. The Kier molecular flexibility index (Phi) is 3.16. The number of piperidine rings is 1. The SMILES string of the molecule is CN1CCCCC1Cc1ccc(N)nn1. The number of likely N-dealkylation sites (N-methyl/N-ethyl adjacent to an activating group) is 1. The highest BCUT2D eigenvalue weighted by Gasteiger charge is 2.19. The minimum atomic E-state index is 0.496. The fourth-order valence-electron chi connectivity index (χ4n) is 2.12. The van der Waals surface area contributed by atoms with Crippen LogP contribution in [0.2, 0.25) is 0 Å². The fourth-order valence-corrected chi connectivity index (χ4v) is 2.12. The summed E-state index contributed by atoms with van der Waals surface area (Å²) in [6.07, 6.45) is 4.91. The van der Waals surface area contributed by atoms with E-state index >= 15 is 0 Å². The van der Waals surface area contributed by atoms with E-state index in [9.17, 15) is 0 Å². The van der Waals surface area contributed by atoms with Gasteiger partial charge in [-0.15, -0.1) is 5.10 Å². The maximum Gasteiger partial charge on any atom is 0.146 e. The predicted molar refractivity (Wildman–Crippen MR) is 60.4 cm³/mol. The van der Waals surface area contributed by atoms with Gasteiger partial charge in [0.2, 0.25) is 0 Å². The van der Waals surface area contributed by atoms with Crippen LogP contribution >= 0.6 is 0 Å². The molecule has 2 rings (SSSR count). The van der Waals surface area contributed by atoms with Crippen molar-refractivity contribution in [1.82, 2.24) is 15.1 Å². The molecule has 0 bridgehead atoms. The van der Waals surface area contributed by atoms with E-state index in [2.05, 4.69) is 22.1 Å². The molecule has 0 aliphatic carbocycles. The van der Waals surface area contributed by atoms with E-state index in [1.807, 2.05) is 12.1 Å². The molecule has 0 aromatic carbocycles. The third-order valence-corrected chi connectivity index (χ3v) is 3.11. The van der Waals surface area contributed by atoms with Crippen LogP contribution in [0, 0.1) is 0 Å². The van der Waals surface area contributed by atoms with Crippen LogP contribution in [0.4, 0.5) is 5.82 Å². The topological polar surface area (TPSA) is 55.0 Å². The van der Waals surface area contributed by atoms with Crippen LogP contribution in [-0.2, 0) is 6.42 Å². The van der Waals surface area contributed by atoms with Gasteiger partial charge in [0.1, 0.15) is 5.82 Å². The monoisotopic (exact) mass is 206 g/mol. The van der Waals surface area contributed by atoms with Crippen molar-refractivity contribution in [2.75, 3.05) is 19.3 Å². The lowest BCUT2D eigenvalue weighted by molar-refractivity contribution is 0.183. The number of hydrogen-bond acceptors (Lipinski definition) is 4. The van der Waals surface area contributed by atoms with Gasteiger partial charge in [0.05, 0.1) is 5.69 Å². The molecule has 1 aromatic heterocycles. The number of nitrogens with two attached hydrogens (primary N) is 1. The number of aromatic nitrogens is 2. The molecule has 1 aliphatic rings. The van der Waals surface area contributed by atoms with E-state index in [-0.39, 0.29) is 0 Å². The molecule has 4 nitrogen and oxygen atoms in total. The van der Waals surface area contributed by atoms with Gasteiger partial charge in [0.25, 0.3) is 0 Å². The van der Waals surface area contributed by atoms with Gasteiger partial charge in [-0.2, -0.15) is 5.10 Å². The molecule has 2 N–H and O–H groups in total. The van der Waals surface area contributed by atoms with Crippen molar-refractivity contribution in [1.29, 1.82) is 0 Å². The highest BCUT2D eigenvalue weighted by Crippen LogP contribution is 2.18. The molecular weight excluding hydrogens is 188 g/mol. The molecule has 2 heterocycles. The molecule has 4 heteroatoms. The van der Waals surface area contributed by atoms with Crippen molar-refractivity contribution < 1.29 is 0 Å². The first-order valence-corrected chi connectivity index (χ1v) is 5.54. The Bertz CT molecular complexity index is 309. The van der Waals surface area contributed by atoms with Crippen molar-refractivity contribution in [3.05, 3.63) is 17.8 Å². The lowest BCUT2D eigenvalue weighted by Gasteiger charge is -2.32. The molecule has 82 valence electrons. The average molecular weight is 206 g/mol. The van der Waals surface area contributed by atoms with E-state index in [0.29, 0.717) is 11.9 Å². The van der Waals surface area contributed by atoms with Crippen LogP contribution in [0.25, 0.3) is 0 Å². The van der Waals surface area contributed by atoms with Gasteiger partial charge in [-0.3, -0.25) is 0 Å². The van der Waals surface area contributed by atoms with Gasteiger partial charge >= 0.3 is 0 Å². The summed E-state index contributed by atoms with van der Waals surface area (Å²) in [5.41, 5.74) is 6.55. The van der Waals surface area contributed by atoms with Crippen LogP contribution in [0.5, 0.6) is 0 Å². The molecule has 1 fully saturated rings. The van der Waals surface area contributed by atoms with Crippen molar-refractivity contribution in [2.24, 2.45) is 0 Å². The smallest absolute Gasteiger partial charge is 0.146 e. The lowest BCUT2D eigenvalue weighted by atomic mass is 9.99. The standard InChI is InChI=1S/C11H18N4/c1-15-7-3-2-4-10(15)8-9-5-6-11(12)14-13-9/h5-6,10H,2-4,7-8H2,1H3,(H2,12,14). The molecule has 1 atom stereocenters. The van der Waals surface area contributed by atoms with Crippen molar-refractivity contribution in [2.45, 2.75) is 31.7 Å². The highest BCUT2D eigenvalue weighted by atomic mass is 15.2. The highest BCUT2D eigenvalue weighted by molar-refractivity contribution is 5.25. The second kappa shape index (κ2) is 4.57. The number of rotatable bonds is 2. The second-order valence-electron chi connectivity index (χ2n) is 4.28. The summed E-state index contributed by atoms with van der Waals surface area (Å²) in [6.45, 7) is 1.20. The number of likely N-dealkylation sites (tertiary alicyclic amines) is 1. The van der Waals surface area contributed by atoms with E-state index < -0.39 is 0 Å². The fraction of sp³-hybridized carbons (Fsp3) is 0.636. The first kappa shape index (κ1) is 10.4. The van der Waals surface area contributed by atoms with Crippen LogP contribution in [-0.4, -0.2) is 34.7 Å². The van der Waals surface area contributed by atoms with Crippen LogP contribution < -0.4 is 5.73 Å². The molecule has 0 saturated carbocycles. The van der Waals surface area contributed by atoms with Gasteiger partial charge in [0.15, 0.2) is 0 Å².